The van der Waals surface area contributed by atoms with Gasteiger partial charge in [0.15, 0.2) is 0 Å². The Morgan fingerprint density at radius 2 is 0.746 bits per heavy atom. The molecule has 0 aliphatic heterocycles. The van der Waals surface area contributed by atoms with Crippen LogP contribution in [-0.4, -0.2) is 145 Å². The van der Waals surface area contributed by atoms with E-state index in [2.05, 4.69) is 91.3 Å². The number of primary amides is 1. The molecule has 10 N–H and O–H groups in total. The fraction of sp³-hybridized carbons (Fsp3) is 0.182. The molecule has 31 nitrogen and oxygen atoms in total. The van der Waals surface area contributed by atoms with Gasteiger partial charge in [0.2, 0.25) is 17.5 Å². The van der Waals surface area contributed by atoms with Crippen molar-refractivity contribution in [1.82, 2.24) is 89.5 Å². The van der Waals surface area contributed by atoms with Gasteiger partial charge in [-0.05, 0) is 161 Å². The summed E-state index contributed by atoms with van der Waals surface area (Å²) in [4.78, 5) is 100. The predicted molar refractivity (Wildman–Crippen MR) is 412 cm³/mol. The molecule has 122 heavy (non-hydrogen) atoms. The molecule has 0 fully saturated rings. The average Bonchev–Trinajstić information content (AvgIpc) is 1.46. The van der Waals surface area contributed by atoms with Gasteiger partial charge in [-0.3, -0.25) is 55.3 Å². The number of carboxylic acid groups (broad SMARTS) is 1. The number of hydrogen-bond acceptors (Lipinski definition) is 25. The van der Waals surface area contributed by atoms with Gasteiger partial charge in [0.25, 0.3) is 5.91 Å². The van der Waals surface area contributed by atoms with Crippen LogP contribution in [0.3, 0.4) is 0 Å². The van der Waals surface area contributed by atoms with E-state index in [0.717, 1.165) is 75.6 Å². The van der Waals surface area contributed by atoms with Crippen molar-refractivity contribution in [3.05, 3.63) is 275 Å². The second-order valence-corrected chi connectivity index (χ2v) is 24.9. The summed E-state index contributed by atoms with van der Waals surface area (Å²) >= 11 is 0. The number of amides is 2. The maximum atomic E-state index is 13.4. The molecule has 13 aromatic rings. The van der Waals surface area contributed by atoms with Gasteiger partial charge in [0.1, 0.15) is 19.0 Å². The summed E-state index contributed by atoms with van der Waals surface area (Å²) in [5.41, 5.74) is 23.8. The van der Waals surface area contributed by atoms with Crippen molar-refractivity contribution in [1.29, 1.82) is 0 Å². The van der Waals surface area contributed by atoms with Crippen LogP contribution in [0.2, 0.25) is 0 Å². The molecule has 0 bridgehead atoms. The molecule has 0 spiro atoms. The van der Waals surface area contributed by atoms with E-state index in [9.17, 15) is 77.0 Å². The Morgan fingerprint density at radius 3 is 1.04 bits per heavy atom. The number of hydrazine groups is 1. The van der Waals surface area contributed by atoms with Gasteiger partial charge in [-0.2, -0.15) is 68.0 Å². The van der Waals surface area contributed by atoms with Crippen molar-refractivity contribution in [2.24, 2.45) is 17.3 Å². The van der Waals surface area contributed by atoms with Crippen LogP contribution >= 0.6 is 12.4 Å². The van der Waals surface area contributed by atoms with Crippen LogP contribution in [0.5, 0.6) is 0 Å². The van der Waals surface area contributed by atoms with E-state index in [1.807, 2.05) is 65.0 Å². The minimum Gasteiger partial charge on any atom is -0.870 e. The molecule has 0 atom stereocenters. The number of anilines is 1. The van der Waals surface area contributed by atoms with E-state index in [1.54, 1.807) is 99.0 Å². The number of aryl methyl sites for hydroxylation is 6. The molecule has 9 aromatic heterocycles. The molecule has 0 radical (unpaired) electrons. The van der Waals surface area contributed by atoms with Gasteiger partial charge in [-0.25, -0.2) is 43.4 Å². The van der Waals surface area contributed by atoms with Crippen LogP contribution in [-0.2, 0) is 45.9 Å². The number of halogens is 13. The normalized spacial score (nSPS) is 10.8. The topological polar surface area (TPSA) is 451 Å². The zero-order valence-corrected chi connectivity index (χ0v) is 68.2. The molecule has 0 saturated heterocycles. The number of carbonyl (C=O) groups excluding carboxylic acids is 4. The summed E-state index contributed by atoms with van der Waals surface area (Å²) in [7, 11) is 2.53. The average molecular weight is 1730 g/mol. The maximum absolute atomic E-state index is 13.4. The number of nitrogens with two attached hydrogens (primary N) is 3. The molecule has 45 heteroatoms. The van der Waals surface area contributed by atoms with Crippen molar-refractivity contribution in [2.45, 2.75) is 79.3 Å². The minimum absolute atomic E-state index is 0. The van der Waals surface area contributed by atoms with E-state index in [-0.39, 0.29) is 87.7 Å². The van der Waals surface area contributed by atoms with Crippen LogP contribution in [0.1, 0.15) is 104 Å². The zero-order chi connectivity index (χ0) is 87.3. The number of nitrogen functional groups attached to an aromatic ring is 1. The fourth-order valence-electron chi connectivity index (χ4n) is 9.96. The first kappa shape index (κ1) is 99.1. The molecule has 0 unspecified atom stereocenters. The molecule has 0 saturated carbocycles. The first-order valence-corrected chi connectivity index (χ1v) is 34.2. The number of carbonyl (C=O) groups is 5. The predicted octanol–water partition coefficient (Wildman–Crippen LogP) is 10.1. The molecule has 634 valence electrons. The Kier molecular flexibility index (Phi) is 35.8. The third-order valence-electron chi connectivity index (χ3n) is 15.8. The number of hydrogen-bond donors (Lipinski definition) is 6. The number of aromatic nitrogens is 17. The number of pyridine rings is 4. The van der Waals surface area contributed by atoms with Crippen LogP contribution in [0.25, 0.3) is 62.1 Å². The Hall–Kier alpha value is -13.5. The number of nitrogens with zero attached hydrogens (tertiary/aromatic N) is 17. The number of methoxy groups -OCH3 is 2. The number of alkyl halides is 12. The van der Waals surface area contributed by atoms with E-state index in [4.69, 9.17) is 21.1 Å². The number of nitrogens with one attached hydrogen (secondary N) is 2. The maximum Gasteiger partial charge on any atom is 1.00 e. The van der Waals surface area contributed by atoms with E-state index in [1.165, 1.54) is 56.7 Å². The smallest absolute Gasteiger partial charge is 0.870 e. The Balaban J connectivity index is 0.000000273. The van der Waals surface area contributed by atoms with Crippen LogP contribution < -0.4 is 57.6 Å². The largest absolute Gasteiger partial charge is 1.00 e. The van der Waals surface area contributed by atoms with E-state index in [0.29, 0.717) is 71.3 Å². The number of ether oxygens (including phenoxy) is 2. The van der Waals surface area contributed by atoms with Crippen LogP contribution in [0.4, 0.5) is 58.4 Å². The molecular formula is C77H70ClF12N22NaO9. The second kappa shape index (κ2) is 44.0. The molecule has 13 rings (SSSR count). The van der Waals surface area contributed by atoms with Gasteiger partial charge in [0, 0.05) is 83.4 Å². The standard InChI is InChI=1S/C22H18F3N7O.C17H13F3N4O2.C16H11F3N4O2.C14H15N3O2.C6H9N3.C2H2F3NO.ClH.Na.H2O/c1-13-3-4-19(28-8-13)15-5-16(20(33)29-11-17-10-26-14(2)9-27-17)7-18(6-15)32-21(22(23,24)25)30-12-31-32;1-10-3-4-14(21-8-10)11-5-12(15(25)26-2)7-13(6-11)24-16(17(18,19)20)22-9-23-24;1-9-2-3-13(20-7-9)10-4-11(14(24)25)6-12(5-10)23-15(16(17,18)19)21-8-22-23;1-9-3-4-13(16-8-9)10-5-11(14(18)19-2)7-12(6-10)17-15;1-5-3-9-6(2-7)4-8-5;3-2(4,5)1(6)7;;;/h3-10,12H,11H2,1-2H3,(H,29,33);3-9H,1-2H3;2-8H,1H3,(H,24,25);3-8,17H,15H2,1-2H3;3-4H,2,7H2,1H3;(H2,6,7);1H;;1H2/q;;;;;;;+1;/p-1. The van der Waals surface area contributed by atoms with Crippen LogP contribution in [0, 0.1) is 41.5 Å². The Labute approximate surface area is 712 Å². The Bertz CT molecular complexity index is 5680. The molecular weight excluding hydrogens is 1660 g/mol. The monoisotopic (exact) mass is 1730 g/mol. The third-order valence-corrected chi connectivity index (χ3v) is 15.8. The summed E-state index contributed by atoms with van der Waals surface area (Å²) in [6.45, 7) is 11.8. The van der Waals surface area contributed by atoms with Gasteiger partial charge in [-0.1, -0.05) is 24.3 Å². The summed E-state index contributed by atoms with van der Waals surface area (Å²) in [5.74, 6) is -3.35. The van der Waals surface area contributed by atoms with Crippen LogP contribution in [0.15, 0.2) is 190 Å². The first-order chi connectivity index (χ1) is 56.2. The molecule has 0 aliphatic rings. The van der Waals surface area contributed by atoms with E-state index >= 15 is 0 Å². The van der Waals surface area contributed by atoms with Crippen molar-refractivity contribution in [3.8, 4) is 62.1 Å². The molecule has 9 heterocycles. The number of carboxylic acids is 1. The number of rotatable bonds is 15. The summed E-state index contributed by atoms with van der Waals surface area (Å²) in [5, 5.41) is 22.9. The van der Waals surface area contributed by atoms with Gasteiger partial charge >= 0.3 is 78.1 Å². The SMILES string of the molecule is COC(=O)c1cc(-c2ccc(C)cn2)cc(-n2ncnc2C(F)(F)F)c1.COC(=O)c1cc(NN)cc(-c2ccc(C)cn2)c1.Cc1ccc(-c2cc(C(=O)NCc3cnc(C)cn3)cc(-n3ncnc3C(F)(F)F)c2)nc1.Cc1ccc(-c2cc(C(=O)O)cc(-n3ncnc3C(F)(F)F)c2)nc1.Cc1cnc(CN)cn1.Cl.NC(=O)C(F)(F)F.[Na+].[OH-]. The third kappa shape index (κ3) is 28.1. The quantitative estimate of drug-likeness (QED) is 0.0183. The molecule has 0 aliphatic carbocycles. The van der Waals surface area contributed by atoms with Crippen molar-refractivity contribution < 1.29 is 126 Å². The fourth-order valence-corrected chi connectivity index (χ4v) is 9.96. The van der Waals surface area contributed by atoms with Crippen molar-refractivity contribution in [2.75, 3.05) is 19.6 Å². The zero-order valence-electron chi connectivity index (χ0n) is 65.3. The summed E-state index contributed by atoms with van der Waals surface area (Å²) in [6, 6.07) is 31.9. The number of aromatic carboxylic acids is 1. The minimum atomic E-state index is -4.86. The number of esters is 2. The van der Waals surface area contributed by atoms with Crippen molar-refractivity contribution in [3.63, 3.8) is 0 Å². The summed E-state index contributed by atoms with van der Waals surface area (Å²) < 4.78 is 162. The van der Waals surface area contributed by atoms with Gasteiger partial charge < -0.3 is 42.3 Å². The molecule has 2 amide bonds. The molecule has 4 aromatic carbocycles. The van der Waals surface area contributed by atoms with Gasteiger partial charge in [-0.15, -0.1) is 12.4 Å². The van der Waals surface area contributed by atoms with E-state index < -0.39 is 71.9 Å². The summed E-state index contributed by atoms with van der Waals surface area (Å²) in [6.07, 6.45) is -3.49. The first-order valence-electron chi connectivity index (χ1n) is 34.2. The second-order valence-electron chi connectivity index (χ2n) is 24.9. The van der Waals surface area contributed by atoms with Crippen molar-refractivity contribution >= 4 is 47.8 Å². The number of benzene rings is 4. The Morgan fingerprint density at radius 1 is 0.426 bits per heavy atom. The van der Waals surface area contributed by atoms with Gasteiger partial charge in [0.05, 0.1) is 106 Å².